The van der Waals surface area contributed by atoms with Gasteiger partial charge in [-0.1, -0.05) is 0 Å². The molecule has 7 heteroatoms. The maximum atomic E-state index is 11.1. The van der Waals surface area contributed by atoms with E-state index in [1.807, 2.05) is 13.0 Å². The van der Waals surface area contributed by atoms with Gasteiger partial charge in [-0.15, -0.1) is 0 Å². The summed E-state index contributed by atoms with van der Waals surface area (Å²) in [5.41, 5.74) is 0.941. The van der Waals surface area contributed by atoms with Crippen LogP contribution < -0.4 is 9.62 Å². The summed E-state index contributed by atoms with van der Waals surface area (Å²) in [5, 5.41) is 0. The van der Waals surface area contributed by atoms with Gasteiger partial charge in [0.25, 0.3) is 0 Å². The van der Waals surface area contributed by atoms with Crippen LogP contribution in [0.25, 0.3) is 0 Å². The number of sulfonamides is 1. The van der Waals surface area contributed by atoms with Crippen LogP contribution in [0.1, 0.15) is 18.5 Å². The largest absolute Gasteiger partial charge is 0.341 e. The molecule has 6 nitrogen and oxygen atoms in total. The summed E-state index contributed by atoms with van der Waals surface area (Å²) < 4.78 is 24.9. The van der Waals surface area contributed by atoms with Crippen molar-refractivity contribution in [2.45, 2.75) is 25.8 Å². The maximum absolute atomic E-state index is 11.1. The quantitative estimate of drug-likeness (QED) is 0.855. The lowest BCUT2D eigenvalue weighted by Crippen LogP contribution is -2.44. The molecular formula is C11H18N4O2S. The molecule has 1 saturated heterocycles. The second-order valence-electron chi connectivity index (χ2n) is 4.65. The first kappa shape index (κ1) is 13.2. The fourth-order valence-electron chi connectivity index (χ4n) is 2.09. The summed E-state index contributed by atoms with van der Waals surface area (Å²) in [6, 6.07) is 1.89. The molecule has 0 atom stereocenters. The molecule has 1 aliphatic rings. The number of nitrogens with one attached hydrogen (secondary N) is 1. The van der Waals surface area contributed by atoms with E-state index in [-0.39, 0.29) is 6.04 Å². The maximum Gasteiger partial charge on any atom is 0.225 e. The van der Waals surface area contributed by atoms with Crippen molar-refractivity contribution in [3.8, 4) is 0 Å². The predicted octanol–water partition coefficient (Wildman–Crippen LogP) is 0.303. The molecule has 1 fully saturated rings. The van der Waals surface area contributed by atoms with Crippen LogP contribution in [0.4, 0.5) is 5.95 Å². The van der Waals surface area contributed by atoms with Crippen LogP contribution in [0.5, 0.6) is 0 Å². The Morgan fingerprint density at radius 3 is 2.61 bits per heavy atom. The molecule has 18 heavy (non-hydrogen) atoms. The van der Waals surface area contributed by atoms with Crippen molar-refractivity contribution in [2.75, 3.05) is 24.2 Å². The van der Waals surface area contributed by atoms with Crippen LogP contribution in [-0.4, -0.2) is 43.8 Å². The Morgan fingerprint density at radius 1 is 1.39 bits per heavy atom. The zero-order valence-electron chi connectivity index (χ0n) is 10.6. The number of rotatable bonds is 3. The third-order valence-electron chi connectivity index (χ3n) is 2.94. The number of piperidine rings is 1. The summed E-state index contributed by atoms with van der Waals surface area (Å²) in [5.74, 6) is 0.729. The average molecular weight is 270 g/mol. The van der Waals surface area contributed by atoms with Crippen molar-refractivity contribution >= 4 is 16.0 Å². The van der Waals surface area contributed by atoms with Crippen molar-refractivity contribution in [1.29, 1.82) is 0 Å². The first-order valence-corrected chi connectivity index (χ1v) is 7.85. The second-order valence-corrected chi connectivity index (χ2v) is 6.43. The van der Waals surface area contributed by atoms with Crippen LogP contribution in [0.3, 0.4) is 0 Å². The van der Waals surface area contributed by atoms with Crippen molar-refractivity contribution in [2.24, 2.45) is 0 Å². The normalized spacial score (nSPS) is 18.0. The molecule has 1 aliphatic heterocycles. The van der Waals surface area contributed by atoms with E-state index in [0.717, 1.165) is 37.6 Å². The number of hydrogen-bond acceptors (Lipinski definition) is 5. The Morgan fingerprint density at radius 2 is 2.06 bits per heavy atom. The molecule has 0 saturated carbocycles. The minimum atomic E-state index is -3.11. The van der Waals surface area contributed by atoms with Crippen LogP contribution in [-0.2, 0) is 10.0 Å². The molecule has 1 aromatic rings. The molecule has 2 rings (SSSR count). The Labute approximate surface area is 107 Å². The van der Waals surface area contributed by atoms with E-state index in [2.05, 4.69) is 19.6 Å². The summed E-state index contributed by atoms with van der Waals surface area (Å²) in [7, 11) is -3.11. The molecule has 0 unspecified atom stereocenters. The van der Waals surface area contributed by atoms with Crippen LogP contribution >= 0.6 is 0 Å². The highest BCUT2D eigenvalue weighted by Crippen LogP contribution is 2.16. The van der Waals surface area contributed by atoms with Gasteiger partial charge in [0.2, 0.25) is 16.0 Å². The lowest BCUT2D eigenvalue weighted by atomic mass is 10.1. The Bertz CT molecular complexity index is 510. The van der Waals surface area contributed by atoms with E-state index < -0.39 is 10.0 Å². The average Bonchev–Trinajstić information content (AvgIpc) is 2.28. The lowest BCUT2D eigenvalue weighted by Gasteiger charge is -2.31. The summed E-state index contributed by atoms with van der Waals surface area (Å²) in [6.07, 6.45) is 4.51. The molecule has 0 radical (unpaired) electrons. The van der Waals surface area contributed by atoms with Gasteiger partial charge in [-0.25, -0.2) is 23.1 Å². The van der Waals surface area contributed by atoms with E-state index in [4.69, 9.17) is 0 Å². The summed E-state index contributed by atoms with van der Waals surface area (Å²) >= 11 is 0. The minimum absolute atomic E-state index is 0.0288. The molecular weight excluding hydrogens is 252 g/mol. The van der Waals surface area contributed by atoms with Gasteiger partial charge in [-0.3, -0.25) is 0 Å². The predicted molar refractivity (Wildman–Crippen MR) is 70.0 cm³/mol. The highest BCUT2D eigenvalue weighted by molar-refractivity contribution is 7.88. The first-order chi connectivity index (χ1) is 8.44. The van der Waals surface area contributed by atoms with Crippen LogP contribution in [0, 0.1) is 6.92 Å². The molecule has 0 aliphatic carbocycles. The third-order valence-corrected chi connectivity index (χ3v) is 3.70. The first-order valence-electron chi connectivity index (χ1n) is 5.96. The van der Waals surface area contributed by atoms with Gasteiger partial charge >= 0.3 is 0 Å². The molecule has 100 valence electrons. The third kappa shape index (κ3) is 3.64. The summed E-state index contributed by atoms with van der Waals surface area (Å²) in [4.78, 5) is 10.7. The van der Waals surface area contributed by atoms with Gasteiger partial charge in [-0.05, 0) is 25.8 Å². The van der Waals surface area contributed by atoms with Gasteiger partial charge in [0.1, 0.15) is 0 Å². The zero-order chi connectivity index (χ0) is 13.2. The van der Waals surface area contributed by atoms with Crippen molar-refractivity contribution in [3.63, 3.8) is 0 Å². The molecule has 2 heterocycles. The van der Waals surface area contributed by atoms with Gasteiger partial charge in [0, 0.05) is 31.0 Å². The van der Waals surface area contributed by atoms with Crippen molar-refractivity contribution in [1.82, 2.24) is 14.7 Å². The van der Waals surface area contributed by atoms with Crippen molar-refractivity contribution < 1.29 is 8.42 Å². The molecule has 0 aromatic carbocycles. The molecule has 0 spiro atoms. The molecule has 1 aromatic heterocycles. The standard InChI is InChI=1S/C11H18N4O2S/c1-9-3-6-12-11(13-9)15-7-4-10(5-8-15)14-18(2,16)17/h3,6,10,14H,4-5,7-8H2,1-2H3. The number of aryl methyl sites for hydroxylation is 1. The fraction of sp³-hybridized carbons (Fsp3) is 0.636. The SMILES string of the molecule is Cc1ccnc(N2CCC(NS(C)(=O)=O)CC2)n1. The smallest absolute Gasteiger partial charge is 0.225 e. The van der Waals surface area contributed by atoms with Crippen LogP contribution in [0.2, 0.25) is 0 Å². The molecule has 0 amide bonds. The van der Waals surface area contributed by atoms with Crippen LogP contribution in [0.15, 0.2) is 12.3 Å². The Balaban J connectivity index is 1.94. The van der Waals surface area contributed by atoms with E-state index in [0.29, 0.717) is 0 Å². The highest BCUT2D eigenvalue weighted by Gasteiger charge is 2.22. The van der Waals surface area contributed by atoms with Gasteiger partial charge < -0.3 is 4.90 Å². The number of nitrogens with zero attached hydrogens (tertiary/aromatic N) is 3. The van der Waals surface area contributed by atoms with E-state index in [1.165, 1.54) is 6.26 Å². The highest BCUT2D eigenvalue weighted by atomic mass is 32.2. The second kappa shape index (κ2) is 5.19. The van der Waals surface area contributed by atoms with Gasteiger partial charge in [0.05, 0.1) is 6.26 Å². The van der Waals surface area contributed by atoms with Gasteiger partial charge in [0.15, 0.2) is 0 Å². The lowest BCUT2D eigenvalue weighted by molar-refractivity contribution is 0.458. The number of aromatic nitrogens is 2. The Kier molecular flexibility index (Phi) is 3.82. The Hall–Kier alpha value is -1.21. The zero-order valence-corrected chi connectivity index (χ0v) is 11.4. The van der Waals surface area contributed by atoms with Gasteiger partial charge in [-0.2, -0.15) is 0 Å². The van der Waals surface area contributed by atoms with Crippen molar-refractivity contribution in [3.05, 3.63) is 18.0 Å². The summed E-state index contributed by atoms with van der Waals surface area (Å²) in [6.45, 7) is 3.48. The monoisotopic (exact) mass is 270 g/mol. The molecule has 1 N–H and O–H groups in total. The number of hydrogen-bond donors (Lipinski definition) is 1. The van der Waals surface area contributed by atoms with E-state index >= 15 is 0 Å². The fourth-order valence-corrected chi connectivity index (χ4v) is 2.93. The minimum Gasteiger partial charge on any atom is -0.341 e. The van der Waals surface area contributed by atoms with E-state index in [1.54, 1.807) is 6.20 Å². The van der Waals surface area contributed by atoms with E-state index in [9.17, 15) is 8.42 Å². The number of anilines is 1. The topological polar surface area (TPSA) is 75.2 Å². The molecule has 0 bridgehead atoms.